The zero-order valence-corrected chi connectivity index (χ0v) is 17.5. The number of carbonyl (C=O) groups excluding carboxylic acids is 1. The number of hydrogen-bond acceptors (Lipinski definition) is 5. The average Bonchev–Trinajstić information content (AvgIpc) is 3.25. The molecule has 2 heterocycles. The topological polar surface area (TPSA) is 94.9 Å². The van der Waals surface area contributed by atoms with E-state index >= 15 is 0 Å². The minimum Gasteiger partial charge on any atom is -0.344 e. The smallest absolute Gasteiger partial charge is 0.244 e. The Balaban J connectivity index is 1.63. The molecule has 2 aromatic heterocycles. The molecule has 29 heavy (non-hydrogen) atoms. The van der Waals surface area contributed by atoms with Crippen molar-refractivity contribution in [2.45, 2.75) is 46.3 Å². The number of aryl methyl sites for hydroxylation is 3. The van der Waals surface area contributed by atoms with Crippen LogP contribution in [0.5, 0.6) is 0 Å². The van der Waals surface area contributed by atoms with Crippen LogP contribution in [0, 0.1) is 13.8 Å². The normalized spacial score (nSPS) is 12.2. The summed E-state index contributed by atoms with van der Waals surface area (Å²) < 4.78 is 3.60. The Labute approximate surface area is 171 Å². The Morgan fingerprint density at radius 3 is 2.52 bits per heavy atom. The van der Waals surface area contributed by atoms with E-state index in [-0.39, 0.29) is 18.5 Å². The highest BCUT2D eigenvalue weighted by atomic mass is 16.2. The summed E-state index contributed by atoms with van der Waals surface area (Å²) in [5.74, 6) is 1.16. The first-order valence-corrected chi connectivity index (χ1v) is 9.86. The lowest BCUT2D eigenvalue weighted by atomic mass is 10.2. The lowest BCUT2D eigenvalue weighted by Gasteiger charge is -2.18. The van der Waals surface area contributed by atoms with Crippen molar-refractivity contribution < 1.29 is 4.79 Å². The fourth-order valence-corrected chi connectivity index (χ4v) is 3.25. The van der Waals surface area contributed by atoms with Crippen molar-refractivity contribution in [1.82, 2.24) is 29.4 Å². The molecule has 0 aliphatic heterocycles. The van der Waals surface area contributed by atoms with E-state index in [1.165, 1.54) is 0 Å². The van der Waals surface area contributed by atoms with Crippen LogP contribution in [0.25, 0.3) is 11.4 Å². The van der Waals surface area contributed by atoms with Gasteiger partial charge in [0.2, 0.25) is 5.91 Å². The van der Waals surface area contributed by atoms with Crippen LogP contribution in [-0.4, -0.2) is 48.9 Å². The van der Waals surface area contributed by atoms with Gasteiger partial charge in [-0.1, -0.05) is 30.3 Å². The van der Waals surface area contributed by atoms with Gasteiger partial charge >= 0.3 is 0 Å². The molecule has 3 aromatic rings. The standard InChI is InChI=1S/C21H29N7O/c1-15-13-16(2)27(24-15)12-8-11-26(4)19(29)14-28-21(17(3)22)23-20(25-28)18-9-6-5-7-10-18/h5-7,9-10,13,17H,8,11-12,14,22H2,1-4H3/t17-/m0/s1. The highest BCUT2D eigenvalue weighted by molar-refractivity contribution is 5.75. The molecule has 0 unspecified atom stereocenters. The Bertz CT molecular complexity index is 959. The number of nitrogens with zero attached hydrogens (tertiary/aromatic N) is 6. The summed E-state index contributed by atoms with van der Waals surface area (Å²) in [4.78, 5) is 19.0. The number of hydrogen-bond donors (Lipinski definition) is 1. The van der Waals surface area contributed by atoms with Crippen LogP contribution in [-0.2, 0) is 17.9 Å². The summed E-state index contributed by atoms with van der Waals surface area (Å²) in [5, 5.41) is 8.99. The largest absolute Gasteiger partial charge is 0.344 e. The maximum Gasteiger partial charge on any atom is 0.244 e. The minimum absolute atomic E-state index is 0.0234. The number of likely N-dealkylation sites (N-methyl/N-ethyl adjacent to an activating group) is 1. The van der Waals surface area contributed by atoms with Crippen LogP contribution in [0.1, 0.15) is 36.6 Å². The molecule has 0 aliphatic rings. The van der Waals surface area contributed by atoms with Crippen molar-refractivity contribution in [3.8, 4) is 11.4 Å². The summed E-state index contributed by atoms with van der Waals surface area (Å²) in [6, 6.07) is 11.4. The predicted octanol–water partition coefficient (Wildman–Crippen LogP) is 2.33. The van der Waals surface area contributed by atoms with Crippen LogP contribution in [0.4, 0.5) is 0 Å². The molecule has 0 radical (unpaired) electrons. The fraction of sp³-hybridized carbons (Fsp3) is 0.429. The Kier molecular flexibility index (Phi) is 6.43. The molecule has 1 atom stereocenters. The average molecular weight is 396 g/mol. The molecule has 8 nitrogen and oxygen atoms in total. The quantitative estimate of drug-likeness (QED) is 0.632. The summed E-state index contributed by atoms with van der Waals surface area (Å²) >= 11 is 0. The molecule has 0 spiro atoms. The third-order valence-electron chi connectivity index (χ3n) is 4.82. The number of nitrogens with two attached hydrogens (primary N) is 1. The van der Waals surface area contributed by atoms with Crippen molar-refractivity contribution in [2.75, 3.05) is 13.6 Å². The lowest BCUT2D eigenvalue weighted by molar-refractivity contribution is -0.130. The molecule has 0 saturated carbocycles. The Hall–Kier alpha value is -3.00. The second-order valence-electron chi connectivity index (χ2n) is 7.43. The van der Waals surface area contributed by atoms with Gasteiger partial charge < -0.3 is 10.6 Å². The van der Waals surface area contributed by atoms with Crippen LogP contribution in [0.3, 0.4) is 0 Å². The van der Waals surface area contributed by atoms with Crippen LogP contribution >= 0.6 is 0 Å². The zero-order valence-electron chi connectivity index (χ0n) is 17.5. The van der Waals surface area contributed by atoms with Gasteiger partial charge in [0.1, 0.15) is 12.4 Å². The van der Waals surface area contributed by atoms with Crippen molar-refractivity contribution in [3.63, 3.8) is 0 Å². The Morgan fingerprint density at radius 1 is 1.17 bits per heavy atom. The third-order valence-corrected chi connectivity index (χ3v) is 4.82. The van der Waals surface area contributed by atoms with Crippen LogP contribution < -0.4 is 5.73 Å². The van der Waals surface area contributed by atoms with Gasteiger partial charge in [-0.15, -0.1) is 0 Å². The van der Waals surface area contributed by atoms with Gasteiger partial charge in [-0.2, -0.15) is 10.2 Å². The van der Waals surface area contributed by atoms with E-state index in [1.54, 1.807) is 9.58 Å². The van der Waals surface area contributed by atoms with E-state index in [0.29, 0.717) is 18.2 Å². The summed E-state index contributed by atoms with van der Waals surface area (Å²) in [5.41, 5.74) is 9.11. The zero-order chi connectivity index (χ0) is 21.0. The van der Waals surface area contributed by atoms with Gasteiger partial charge in [-0.3, -0.25) is 9.48 Å². The molecule has 154 valence electrons. The molecule has 0 aliphatic carbocycles. The third kappa shape index (κ3) is 5.08. The fourth-order valence-electron chi connectivity index (χ4n) is 3.25. The second-order valence-corrected chi connectivity index (χ2v) is 7.43. The van der Waals surface area contributed by atoms with Gasteiger partial charge in [0.15, 0.2) is 5.82 Å². The number of aromatic nitrogens is 5. The molecule has 0 fully saturated rings. The first-order chi connectivity index (χ1) is 13.8. The Morgan fingerprint density at radius 2 is 1.90 bits per heavy atom. The first-order valence-electron chi connectivity index (χ1n) is 9.86. The highest BCUT2D eigenvalue weighted by Crippen LogP contribution is 2.18. The summed E-state index contributed by atoms with van der Waals surface area (Å²) in [6.07, 6.45) is 0.830. The molecule has 2 N–H and O–H groups in total. The monoisotopic (exact) mass is 395 g/mol. The SMILES string of the molecule is Cc1cc(C)n(CCCN(C)C(=O)Cn2nc(-c3ccccc3)nc2[C@H](C)N)n1. The van der Waals surface area contributed by atoms with Gasteiger partial charge in [0, 0.05) is 31.4 Å². The molecule has 0 bridgehead atoms. The highest BCUT2D eigenvalue weighted by Gasteiger charge is 2.18. The van der Waals surface area contributed by atoms with Gasteiger partial charge in [-0.05, 0) is 33.3 Å². The molecular formula is C21H29N7O. The van der Waals surface area contributed by atoms with E-state index < -0.39 is 0 Å². The number of carbonyl (C=O) groups is 1. The van der Waals surface area contributed by atoms with Crippen LogP contribution in [0.15, 0.2) is 36.4 Å². The molecule has 0 saturated heterocycles. The van der Waals surface area contributed by atoms with Gasteiger partial charge in [0.25, 0.3) is 0 Å². The number of rotatable bonds is 8. The molecule has 1 aromatic carbocycles. The second kappa shape index (κ2) is 9.00. The predicted molar refractivity (Wildman–Crippen MR) is 112 cm³/mol. The molecule has 8 heteroatoms. The van der Waals surface area contributed by atoms with Gasteiger partial charge in [0.05, 0.1) is 11.7 Å². The van der Waals surface area contributed by atoms with E-state index in [2.05, 4.69) is 21.2 Å². The molecule has 1 amide bonds. The lowest BCUT2D eigenvalue weighted by Crippen LogP contribution is -2.33. The summed E-state index contributed by atoms with van der Waals surface area (Å²) in [7, 11) is 1.81. The van der Waals surface area contributed by atoms with Gasteiger partial charge in [-0.25, -0.2) is 9.67 Å². The van der Waals surface area contributed by atoms with Crippen molar-refractivity contribution in [1.29, 1.82) is 0 Å². The van der Waals surface area contributed by atoms with E-state index in [4.69, 9.17) is 5.73 Å². The molecular weight excluding hydrogens is 366 g/mol. The van der Waals surface area contributed by atoms with Crippen molar-refractivity contribution in [2.24, 2.45) is 5.73 Å². The maximum atomic E-state index is 12.7. The van der Waals surface area contributed by atoms with E-state index in [1.807, 2.05) is 62.8 Å². The maximum absolute atomic E-state index is 12.7. The summed E-state index contributed by atoms with van der Waals surface area (Å²) in [6.45, 7) is 7.41. The minimum atomic E-state index is -0.316. The first kappa shape index (κ1) is 20.7. The number of benzene rings is 1. The van der Waals surface area contributed by atoms with E-state index in [0.717, 1.165) is 29.9 Å². The number of amides is 1. The van der Waals surface area contributed by atoms with Crippen molar-refractivity contribution >= 4 is 5.91 Å². The van der Waals surface area contributed by atoms with E-state index in [9.17, 15) is 4.79 Å². The van der Waals surface area contributed by atoms with Crippen molar-refractivity contribution in [3.05, 3.63) is 53.6 Å². The molecule has 3 rings (SSSR count). The van der Waals surface area contributed by atoms with Crippen LogP contribution in [0.2, 0.25) is 0 Å².